The van der Waals surface area contributed by atoms with Crippen LogP contribution < -0.4 is 15.5 Å². The van der Waals surface area contributed by atoms with Crippen LogP contribution >= 0.6 is 11.6 Å². The maximum atomic E-state index is 13.2. The van der Waals surface area contributed by atoms with E-state index in [1.807, 2.05) is 51.2 Å². The van der Waals surface area contributed by atoms with E-state index >= 15 is 0 Å². The summed E-state index contributed by atoms with van der Waals surface area (Å²) in [6, 6.07) is 14.7. The van der Waals surface area contributed by atoms with Crippen LogP contribution in [0.1, 0.15) is 63.7 Å². The average molecular weight is 575 g/mol. The molecular formula is C31H35ClN6O3. The molecule has 2 amide bonds. The minimum atomic E-state index is -1.04. The van der Waals surface area contributed by atoms with E-state index in [-0.39, 0.29) is 11.9 Å². The average Bonchev–Trinajstić information content (AvgIpc) is 3.33. The number of nitrogens with one attached hydrogen (secondary N) is 3. The highest BCUT2D eigenvalue weighted by Gasteiger charge is 2.34. The van der Waals surface area contributed by atoms with Gasteiger partial charge in [0.15, 0.2) is 0 Å². The highest BCUT2D eigenvalue weighted by molar-refractivity contribution is 6.33. The van der Waals surface area contributed by atoms with Gasteiger partial charge in [0.2, 0.25) is 5.95 Å². The number of H-pyrrole nitrogens is 1. The van der Waals surface area contributed by atoms with Gasteiger partial charge in [0.1, 0.15) is 0 Å². The number of hydrogen-bond donors (Lipinski definition) is 4. The molecule has 0 bridgehead atoms. The molecule has 2 heterocycles. The van der Waals surface area contributed by atoms with Crippen molar-refractivity contribution in [2.75, 3.05) is 10.2 Å². The Hall–Kier alpha value is -4.11. The van der Waals surface area contributed by atoms with Crippen molar-refractivity contribution >= 4 is 46.1 Å². The second kappa shape index (κ2) is 11.0. The zero-order valence-electron chi connectivity index (χ0n) is 23.7. The van der Waals surface area contributed by atoms with Crippen LogP contribution in [0.4, 0.5) is 16.4 Å². The summed E-state index contributed by atoms with van der Waals surface area (Å²) in [7, 11) is 0. The summed E-state index contributed by atoms with van der Waals surface area (Å²) in [6.07, 6.45) is 5.87. The number of carbonyl (C=O) groups excluding carboxylic acids is 1. The molecule has 1 aliphatic rings. The third kappa shape index (κ3) is 6.15. The Morgan fingerprint density at radius 1 is 1.15 bits per heavy atom. The van der Waals surface area contributed by atoms with Crippen molar-refractivity contribution in [3.63, 3.8) is 0 Å². The lowest BCUT2D eigenvalue weighted by Gasteiger charge is -2.39. The van der Waals surface area contributed by atoms with Gasteiger partial charge in [-0.2, -0.15) is 0 Å². The monoisotopic (exact) mass is 574 g/mol. The molecule has 0 spiro atoms. The smallest absolute Gasteiger partial charge is 0.412 e. The lowest BCUT2D eigenvalue weighted by molar-refractivity contribution is 0.0879. The van der Waals surface area contributed by atoms with Gasteiger partial charge in [0.25, 0.3) is 5.91 Å². The van der Waals surface area contributed by atoms with Crippen LogP contribution in [0.15, 0.2) is 60.9 Å². The van der Waals surface area contributed by atoms with Crippen LogP contribution in [0.3, 0.4) is 0 Å². The minimum Gasteiger partial charge on any atom is -0.465 e. The number of aromatic nitrogens is 3. The van der Waals surface area contributed by atoms with Gasteiger partial charge >= 0.3 is 6.09 Å². The fourth-order valence-electron chi connectivity index (χ4n) is 5.69. The molecule has 4 N–H and O–H groups in total. The lowest BCUT2D eigenvalue weighted by atomic mass is 9.80. The van der Waals surface area contributed by atoms with Crippen molar-refractivity contribution in [1.29, 1.82) is 0 Å². The Bertz CT molecular complexity index is 1580. The summed E-state index contributed by atoms with van der Waals surface area (Å²) < 4.78 is 0. The summed E-state index contributed by atoms with van der Waals surface area (Å²) >= 11 is 6.51. The molecule has 0 radical (unpaired) electrons. The molecule has 1 aliphatic carbocycles. The lowest BCUT2D eigenvalue weighted by Crippen LogP contribution is -2.51. The van der Waals surface area contributed by atoms with Gasteiger partial charge in [-0.25, -0.2) is 14.8 Å². The quantitative estimate of drug-likeness (QED) is 0.195. The molecule has 41 heavy (non-hydrogen) atoms. The number of anilines is 2. The molecule has 2 aromatic carbocycles. The molecule has 2 atom stereocenters. The van der Waals surface area contributed by atoms with Crippen LogP contribution in [0.2, 0.25) is 5.02 Å². The Morgan fingerprint density at radius 2 is 1.88 bits per heavy atom. The maximum Gasteiger partial charge on any atom is 0.412 e. The summed E-state index contributed by atoms with van der Waals surface area (Å²) in [6.45, 7) is 7.54. The number of rotatable bonds is 6. The van der Waals surface area contributed by atoms with Crippen molar-refractivity contribution in [1.82, 2.24) is 20.3 Å². The summed E-state index contributed by atoms with van der Waals surface area (Å²) in [5.41, 5.74) is 2.53. The molecule has 5 rings (SSSR count). The van der Waals surface area contributed by atoms with Crippen molar-refractivity contribution in [3.05, 3.63) is 71.5 Å². The first kappa shape index (κ1) is 28.4. The van der Waals surface area contributed by atoms with Gasteiger partial charge in [0, 0.05) is 51.0 Å². The number of fused-ring (bicyclic) bond motifs is 1. The first-order valence-corrected chi connectivity index (χ1v) is 14.1. The van der Waals surface area contributed by atoms with Gasteiger partial charge in [-0.3, -0.25) is 9.69 Å². The fraction of sp³-hybridized carbons (Fsp3) is 0.355. The molecule has 4 aromatic rings. The highest BCUT2D eigenvalue weighted by atomic mass is 35.5. The Labute approximate surface area is 244 Å². The molecule has 1 fully saturated rings. The molecular weight excluding hydrogens is 540 g/mol. The zero-order valence-corrected chi connectivity index (χ0v) is 24.4. The summed E-state index contributed by atoms with van der Waals surface area (Å²) in [5.74, 6) is 0.300. The van der Waals surface area contributed by atoms with Crippen molar-refractivity contribution < 1.29 is 14.7 Å². The number of amides is 2. The van der Waals surface area contributed by atoms with E-state index in [1.165, 1.54) is 4.90 Å². The molecule has 10 heteroatoms. The molecule has 9 nitrogen and oxygen atoms in total. The third-order valence-electron chi connectivity index (χ3n) is 7.56. The fourth-order valence-corrected chi connectivity index (χ4v) is 5.88. The first-order valence-electron chi connectivity index (χ1n) is 13.7. The highest BCUT2D eigenvalue weighted by Crippen LogP contribution is 2.34. The maximum absolute atomic E-state index is 13.2. The second-order valence-electron chi connectivity index (χ2n) is 11.9. The number of aromatic amines is 1. The molecule has 0 saturated heterocycles. The number of carboxylic acid groups (broad SMARTS) is 1. The van der Waals surface area contributed by atoms with Crippen LogP contribution in [-0.2, 0) is 0 Å². The van der Waals surface area contributed by atoms with Crippen LogP contribution in [0.5, 0.6) is 0 Å². The third-order valence-corrected chi connectivity index (χ3v) is 7.84. The molecule has 0 aliphatic heterocycles. The van der Waals surface area contributed by atoms with Gasteiger partial charge in [-0.15, -0.1) is 0 Å². The van der Waals surface area contributed by atoms with Crippen molar-refractivity contribution in [3.8, 4) is 11.3 Å². The molecule has 0 unspecified atom stereocenters. The van der Waals surface area contributed by atoms with Crippen LogP contribution in [0, 0.1) is 0 Å². The van der Waals surface area contributed by atoms with Crippen LogP contribution in [-0.4, -0.2) is 49.2 Å². The number of carbonyl (C=O) groups is 2. The van der Waals surface area contributed by atoms with Crippen molar-refractivity contribution in [2.24, 2.45) is 0 Å². The molecule has 2 aromatic heterocycles. The Kier molecular flexibility index (Phi) is 7.66. The van der Waals surface area contributed by atoms with E-state index in [0.717, 1.165) is 35.7 Å². The predicted octanol–water partition coefficient (Wildman–Crippen LogP) is 7.10. The second-order valence-corrected chi connectivity index (χ2v) is 12.3. The van der Waals surface area contributed by atoms with Gasteiger partial charge in [0.05, 0.1) is 16.9 Å². The number of halogens is 1. The topological polar surface area (TPSA) is 123 Å². The number of hydrogen-bond acceptors (Lipinski definition) is 5. The van der Waals surface area contributed by atoms with E-state index in [1.54, 1.807) is 30.5 Å². The van der Waals surface area contributed by atoms with Gasteiger partial charge < -0.3 is 20.7 Å². The largest absolute Gasteiger partial charge is 0.465 e. The SMILES string of the molecule is CC(C)(C)N(C(=O)O)c1ccc(C(=O)N[C@@]2(C)CCC[C@@H](Nc3ncc(Cl)c(-c4c[nH]c5ccccc45)n3)C2)cc1. The van der Waals surface area contributed by atoms with E-state index < -0.39 is 17.2 Å². The van der Waals surface area contributed by atoms with Gasteiger partial charge in [-0.1, -0.05) is 29.8 Å². The molecule has 214 valence electrons. The number of benzene rings is 2. The first-order chi connectivity index (χ1) is 19.4. The van der Waals surface area contributed by atoms with Gasteiger partial charge in [-0.05, 0) is 83.7 Å². The Balaban J connectivity index is 1.27. The Morgan fingerprint density at radius 3 is 2.59 bits per heavy atom. The summed E-state index contributed by atoms with van der Waals surface area (Å²) in [4.78, 5) is 38.8. The standard InChI is InChI=1S/C31H35ClN6O3/c1-30(2,3)38(29(40)41)21-13-11-19(12-14-21)27(39)37-31(4)15-7-8-20(16-31)35-28-34-18-24(32)26(36-28)23-17-33-25-10-6-5-9-22(23)25/h5-6,9-14,17-18,20,33H,7-8,15-16H2,1-4H3,(H,37,39)(H,40,41)(H,34,35,36)/t20-,31+/m1/s1. The van der Waals surface area contributed by atoms with E-state index in [0.29, 0.717) is 34.3 Å². The summed E-state index contributed by atoms with van der Waals surface area (Å²) in [5, 5.41) is 17.9. The van der Waals surface area contributed by atoms with Crippen molar-refractivity contribution in [2.45, 2.75) is 70.5 Å². The number of nitrogens with zero attached hydrogens (tertiary/aromatic N) is 3. The molecule has 1 saturated carbocycles. The normalized spacial score (nSPS) is 19.1. The predicted molar refractivity (Wildman–Crippen MR) is 163 cm³/mol. The van der Waals surface area contributed by atoms with Crippen LogP contribution in [0.25, 0.3) is 22.2 Å². The van der Waals surface area contributed by atoms with E-state index in [2.05, 4.69) is 27.5 Å². The van der Waals surface area contributed by atoms with E-state index in [4.69, 9.17) is 16.6 Å². The van der Waals surface area contributed by atoms with E-state index in [9.17, 15) is 14.7 Å². The number of para-hydroxylation sites is 1. The minimum absolute atomic E-state index is 0.0596. The zero-order chi connectivity index (χ0) is 29.4.